The highest BCUT2D eigenvalue weighted by Crippen LogP contribution is 2.44. The average Bonchev–Trinajstić information content (AvgIpc) is 3.36. The Hall–Kier alpha value is -2.84. The third-order valence-corrected chi connectivity index (χ3v) is 4.48. The van der Waals surface area contributed by atoms with Gasteiger partial charge in [-0.1, -0.05) is 5.16 Å². The Balaban J connectivity index is 2.15. The van der Waals surface area contributed by atoms with E-state index in [4.69, 9.17) is 9.26 Å². The van der Waals surface area contributed by atoms with E-state index in [1.54, 1.807) is 6.92 Å². The summed E-state index contributed by atoms with van der Waals surface area (Å²) < 4.78 is 11.3. The molecule has 0 saturated heterocycles. The summed E-state index contributed by atoms with van der Waals surface area (Å²) in [5.41, 5.74) is 1.22. The van der Waals surface area contributed by atoms with Gasteiger partial charge in [-0.25, -0.2) is 0 Å². The second-order valence-corrected chi connectivity index (χ2v) is 6.13. The van der Waals surface area contributed by atoms with Gasteiger partial charge in [-0.2, -0.15) is 0 Å². The molecule has 0 amide bonds. The van der Waals surface area contributed by atoms with E-state index in [9.17, 15) is 9.90 Å². The molecule has 3 rings (SSSR count). The van der Waals surface area contributed by atoms with Gasteiger partial charge in [0.2, 0.25) is 11.7 Å². The zero-order valence-corrected chi connectivity index (χ0v) is 15.4. The standard InChI is InChI=1S/C17H23N5O4/c1-5-21(6-2)15-10(3)16(23)22(11-7-8-11)17(24)14(15)19-18-12-9-13(25-4)26-20-12/h9,11,24H,5-8H2,1-4H3. The molecule has 0 aliphatic heterocycles. The minimum absolute atomic E-state index is 0.0213. The largest absolute Gasteiger partial charge is 0.493 e. The van der Waals surface area contributed by atoms with Crippen molar-refractivity contribution < 1.29 is 14.4 Å². The van der Waals surface area contributed by atoms with Crippen molar-refractivity contribution in [3.63, 3.8) is 0 Å². The lowest BCUT2D eigenvalue weighted by molar-refractivity contribution is 0.261. The molecule has 0 aromatic carbocycles. The minimum Gasteiger partial charge on any atom is -0.493 e. The Labute approximate surface area is 150 Å². The molecule has 0 unspecified atom stereocenters. The van der Waals surface area contributed by atoms with Crippen LogP contribution in [0.1, 0.15) is 38.3 Å². The van der Waals surface area contributed by atoms with Crippen LogP contribution in [0.2, 0.25) is 0 Å². The first kappa shape index (κ1) is 18.0. The van der Waals surface area contributed by atoms with Crippen LogP contribution in [-0.2, 0) is 0 Å². The second kappa shape index (κ2) is 7.19. The summed E-state index contributed by atoms with van der Waals surface area (Å²) in [6.45, 7) is 7.06. The maximum Gasteiger partial charge on any atom is 0.313 e. The number of aromatic hydroxyl groups is 1. The lowest BCUT2D eigenvalue weighted by atomic mass is 10.1. The van der Waals surface area contributed by atoms with Gasteiger partial charge >= 0.3 is 5.95 Å². The molecule has 2 aromatic heterocycles. The Bertz CT molecular complexity index is 878. The number of rotatable bonds is 7. The molecule has 1 saturated carbocycles. The Kier molecular flexibility index (Phi) is 4.97. The van der Waals surface area contributed by atoms with Crippen molar-refractivity contribution in [1.29, 1.82) is 0 Å². The van der Waals surface area contributed by atoms with Crippen molar-refractivity contribution in [3.8, 4) is 11.8 Å². The quantitative estimate of drug-likeness (QED) is 0.757. The van der Waals surface area contributed by atoms with Gasteiger partial charge in [-0.15, -0.1) is 10.2 Å². The predicted octanol–water partition coefficient (Wildman–Crippen LogP) is 3.46. The van der Waals surface area contributed by atoms with Gasteiger partial charge in [0.15, 0.2) is 5.69 Å². The maximum atomic E-state index is 12.8. The number of hydrogen-bond acceptors (Lipinski definition) is 8. The van der Waals surface area contributed by atoms with E-state index in [1.807, 2.05) is 18.7 Å². The summed E-state index contributed by atoms with van der Waals surface area (Å²) >= 11 is 0. The molecule has 2 aromatic rings. The van der Waals surface area contributed by atoms with Crippen LogP contribution in [-0.4, -0.2) is 35.0 Å². The Morgan fingerprint density at radius 1 is 1.38 bits per heavy atom. The molecule has 0 radical (unpaired) electrons. The molecular weight excluding hydrogens is 338 g/mol. The molecule has 1 aliphatic rings. The summed E-state index contributed by atoms with van der Waals surface area (Å²) in [7, 11) is 1.46. The summed E-state index contributed by atoms with van der Waals surface area (Å²) in [5.74, 6) is 0.268. The SMILES string of the molecule is CCN(CC)c1c(N=Nc2cc(OC)on2)c(O)n(C2CC2)c(=O)c1C. The molecule has 9 nitrogen and oxygen atoms in total. The van der Waals surface area contributed by atoms with Gasteiger partial charge in [-0.3, -0.25) is 9.36 Å². The number of pyridine rings is 1. The second-order valence-electron chi connectivity index (χ2n) is 6.13. The van der Waals surface area contributed by atoms with E-state index >= 15 is 0 Å². The third-order valence-electron chi connectivity index (χ3n) is 4.48. The highest BCUT2D eigenvalue weighted by atomic mass is 16.6. The number of anilines is 1. The lowest BCUT2D eigenvalue weighted by Crippen LogP contribution is -2.29. The molecule has 9 heteroatoms. The molecule has 1 fully saturated rings. The number of aromatic nitrogens is 2. The molecular formula is C17H23N5O4. The number of ether oxygens (including phenoxy) is 1. The number of methoxy groups -OCH3 is 1. The Morgan fingerprint density at radius 3 is 2.62 bits per heavy atom. The number of hydrogen-bond donors (Lipinski definition) is 1. The Morgan fingerprint density at radius 2 is 2.08 bits per heavy atom. The van der Waals surface area contributed by atoms with Gasteiger partial charge in [0.25, 0.3) is 5.56 Å². The van der Waals surface area contributed by atoms with Crippen LogP contribution < -0.4 is 15.2 Å². The fraction of sp³-hybridized carbons (Fsp3) is 0.529. The molecule has 1 aliphatic carbocycles. The molecule has 0 spiro atoms. The van der Waals surface area contributed by atoms with E-state index in [0.29, 0.717) is 24.3 Å². The van der Waals surface area contributed by atoms with Crippen molar-refractivity contribution in [2.24, 2.45) is 10.2 Å². The van der Waals surface area contributed by atoms with E-state index in [2.05, 4.69) is 15.4 Å². The average molecular weight is 361 g/mol. The normalized spacial score (nSPS) is 14.2. The summed E-state index contributed by atoms with van der Waals surface area (Å²) in [4.78, 5) is 14.7. The van der Waals surface area contributed by atoms with Gasteiger partial charge in [0.1, 0.15) is 0 Å². The lowest BCUT2D eigenvalue weighted by Gasteiger charge is -2.25. The van der Waals surface area contributed by atoms with Crippen LogP contribution >= 0.6 is 0 Å². The predicted molar refractivity (Wildman–Crippen MR) is 96.2 cm³/mol. The molecule has 0 bridgehead atoms. The van der Waals surface area contributed by atoms with Gasteiger partial charge in [0.05, 0.1) is 18.9 Å². The molecule has 140 valence electrons. The molecule has 1 N–H and O–H groups in total. The maximum absolute atomic E-state index is 12.8. The first-order valence-electron chi connectivity index (χ1n) is 8.67. The van der Waals surface area contributed by atoms with Gasteiger partial charge < -0.3 is 19.3 Å². The first-order valence-corrected chi connectivity index (χ1v) is 8.67. The van der Waals surface area contributed by atoms with Crippen LogP contribution in [0.3, 0.4) is 0 Å². The van der Waals surface area contributed by atoms with E-state index in [0.717, 1.165) is 12.8 Å². The highest BCUT2D eigenvalue weighted by Gasteiger charge is 2.31. The summed E-state index contributed by atoms with van der Waals surface area (Å²) in [6, 6.07) is 1.51. The topological polar surface area (TPSA) is 105 Å². The fourth-order valence-corrected chi connectivity index (χ4v) is 2.96. The van der Waals surface area contributed by atoms with Gasteiger partial charge in [-0.05, 0) is 33.6 Å². The van der Waals surface area contributed by atoms with Crippen molar-refractivity contribution in [2.45, 2.75) is 39.7 Å². The molecule has 26 heavy (non-hydrogen) atoms. The first-order chi connectivity index (χ1) is 12.5. The number of nitrogens with zero attached hydrogens (tertiary/aromatic N) is 5. The van der Waals surface area contributed by atoms with Crippen molar-refractivity contribution in [1.82, 2.24) is 9.72 Å². The number of azo groups is 1. The zero-order valence-electron chi connectivity index (χ0n) is 15.4. The van der Waals surface area contributed by atoms with Crippen LogP contribution in [0.4, 0.5) is 17.2 Å². The van der Waals surface area contributed by atoms with Crippen LogP contribution in [0.15, 0.2) is 25.6 Å². The zero-order chi connectivity index (χ0) is 18.8. The van der Waals surface area contributed by atoms with Crippen molar-refractivity contribution in [3.05, 3.63) is 22.0 Å². The van der Waals surface area contributed by atoms with Crippen molar-refractivity contribution >= 4 is 17.2 Å². The van der Waals surface area contributed by atoms with E-state index in [-0.39, 0.29) is 34.9 Å². The third kappa shape index (κ3) is 3.16. The van der Waals surface area contributed by atoms with E-state index in [1.165, 1.54) is 17.7 Å². The fourth-order valence-electron chi connectivity index (χ4n) is 2.96. The van der Waals surface area contributed by atoms with Crippen LogP contribution in [0.5, 0.6) is 11.8 Å². The minimum atomic E-state index is -0.186. The van der Waals surface area contributed by atoms with Gasteiger partial charge in [0, 0.05) is 24.7 Å². The van der Waals surface area contributed by atoms with Crippen molar-refractivity contribution in [2.75, 3.05) is 25.1 Å². The monoisotopic (exact) mass is 361 g/mol. The van der Waals surface area contributed by atoms with Crippen LogP contribution in [0.25, 0.3) is 0 Å². The smallest absolute Gasteiger partial charge is 0.313 e. The molecule has 2 heterocycles. The molecule has 0 atom stereocenters. The summed E-state index contributed by atoms with van der Waals surface area (Å²) in [6.07, 6.45) is 1.74. The highest BCUT2D eigenvalue weighted by molar-refractivity contribution is 5.74. The van der Waals surface area contributed by atoms with Crippen LogP contribution in [0, 0.1) is 6.92 Å². The van der Waals surface area contributed by atoms with E-state index < -0.39 is 0 Å². The summed E-state index contributed by atoms with van der Waals surface area (Å²) in [5, 5.41) is 22.8.